The molecule has 4 nitrogen and oxygen atoms in total. The molecule has 4 heteroatoms. The summed E-state index contributed by atoms with van der Waals surface area (Å²) in [5, 5.41) is 0. The van der Waals surface area contributed by atoms with Gasteiger partial charge in [-0.3, -0.25) is 0 Å². The van der Waals surface area contributed by atoms with Crippen LogP contribution >= 0.6 is 0 Å². The number of imidazole rings is 1. The molecule has 0 aliphatic heterocycles. The van der Waals surface area contributed by atoms with E-state index in [0.29, 0.717) is 6.04 Å². The number of pyridine rings is 1. The SMILES string of the molecule is COc1cccc(Cc2nc3cccnc3n2C2CCC2)c1. The molecule has 3 aromatic rings. The van der Waals surface area contributed by atoms with Crippen molar-refractivity contribution in [2.24, 2.45) is 0 Å². The van der Waals surface area contributed by atoms with E-state index in [0.717, 1.165) is 29.2 Å². The lowest BCUT2D eigenvalue weighted by Gasteiger charge is -2.28. The Kier molecular flexibility index (Phi) is 3.29. The second-order valence-electron chi connectivity index (χ2n) is 5.86. The first-order chi connectivity index (χ1) is 10.8. The highest BCUT2D eigenvalue weighted by atomic mass is 16.5. The van der Waals surface area contributed by atoms with Crippen molar-refractivity contribution in [1.82, 2.24) is 14.5 Å². The maximum absolute atomic E-state index is 5.32. The summed E-state index contributed by atoms with van der Waals surface area (Å²) in [6.07, 6.45) is 6.43. The number of methoxy groups -OCH3 is 1. The molecule has 4 rings (SSSR count). The van der Waals surface area contributed by atoms with Gasteiger partial charge in [-0.05, 0) is 49.1 Å². The fourth-order valence-corrected chi connectivity index (χ4v) is 3.09. The first-order valence-corrected chi connectivity index (χ1v) is 7.80. The Hall–Kier alpha value is -2.36. The molecule has 0 amide bonds. The maximum Gasteiger partial charge on any atom is 0.160 e. The van der Waals surface area contributed by atoms with Crippen LogP contribution in [0.4, 0.5) is 0 Å². The molecule has 2 aromatic heterocycles. The van der Waals surface area contributed by atoms with Gasteiger partial charge in [0, 0.05) is 18.7 Å². The van der Waals surface area contributed by atoms with Crippen molar-refractivity contribution >= 4 is 11.2 Å². The molecular formula is C18H19N3O. The van der Waals surface area contributed by atoms with E-state index in [4.69, 9.17) is 9.72 Å². The quantitative estimate of drug-likeness (QED) is 0.735. The molecule has 0 unspecified atom stereocenters. The highest BCUT2D eigenvalue weighted by Crippen LogP contribution is 2.35. The molecule has 0 spiro atoms. The summed E-state index contributed by atoms with van der Waals surface area (Å²) < 4.78 is 7.67. The normalized spacial score (nSPS) is 15.0. The molecule has 1 aliphatic rings. The van der Waals surface area contributed by atoms with E-state index in [1.165, 1.54) is 24.8 Å². The number of fused-ring (bicyclic) bond motifs is 1. The minimum atomic E-state index is 0.556. The monoisotopic (exact) mass is 293 g/mol. The number of hydrogen-bond donors (Lipinski definition) is 0. The van der Waals surface area contributed by atoms with E-state index in [-0.39, 0.29) is 0 Å². The Morgan fingerprint density at radius 2 is 2.14 bits per heavy atom. The van der Waals surface area contributed by atoms with Crippen molar-refractivity contribution in [1.29, 1.82) is 0 Å². The fourth-order valence-electron chi connectivity index (χ4n) is 3.09. The van der Waals surface area contributed by atoms with Gasteiger partial charge in [-0.25, -0.2) is 9.97 Å². The molecule has 1 fully saturated rings. The first kappa shape index (κ1) is 13.3. The van der Waals surface area contributed by atoms with E-state index >= 15 is 0 Å². The van der Waals surface area contributed by atoms with Crippen LogP contribution in [0.5, 0.6) is 5.75 Å². The molecule has 0 atom stereocenters. The lowest BCUT2D eigenvalue weighted by Crippen LogP contribution is -2.19. The highest BCUT2D eigenvalue weighted by molar-refractivity contribution is 5.71. The second kappa shape index (κ2) is 5.44. The van der Waals surface area contributed by atoms with Gasteiger partial charge in [0.25, 0.3) is 0 Å². The van der Waals surface area contributed by atoms with E-state index in [1.807, 2.05) is 30.5 Å². The Bertz CT molecular complexity index is 805. The number of rotatable bonds is 4. The topological polar surface area (TPSA) is 39.9 Å². The molecular weight excluding hydrogens is 274 g/mol. The average Bonchev–Trinajstić information content (AvgIpc) is 2.84. The van der Waals surface area contributed by atoms with Crippen LogP contribution in [-0.4, -0.2) is 21.6 Å². The Labute approximate surface area is 129 Å². The van der Waals surface area contributed by atoms with Crippen LogP contribution in [0.15, 0.2) is 42.6 Å². The molecule has 0 saturated heterocycles. The van der Waals surface area contributed by atoms with Crippen LogP contribution < -0.4 is 4.74 Å². The summed E-state index contributed by atoms with van der Waals surface area (Å²) in [4.78, 5) is 9.38. The standard InChI is InChI=1S/C18H19N3O/c1-22-15-8-2-5-13(11-15)12-17-20-16-9-4-10-19-18(16)21(17)14-6-3-7-14/h2,4-5,8-11,14H,3,6-7,12H2,1H3. The third-order valence-corrected chi connectivity index (χ3v) is 4.46. The van der Waals surface area contributed by atoms with Crippen LogP contribution in [-0.2, 0) is 6.42 Å². The van der Waals surface area contributed by atoms with Crippen molar-refractivity contribution < 1.29 is 4.74 Å². The van der Waals surface area contributed by atoms with Gasteiger partial charge in [-0.2, -0.15) is 0 Å². The first-order valence-electron chi connectivity index (χ1n) is 7.80. The van der Waals surface area contributed by atoms with E-state index in [1.54, 1.807) is 7.11 Å². The lowest BCUT2D eigenvalue weighted by molar-refractivity contribution is 0.313. The van der Waals surface area contributed by atoms with Crippen LogP contribution in [0.25, 0.3) is 11.2 Å². The largest absolute Gasteiger partial charge is 0.497 e. The summed E-state index contributed by atoms with van der Waals surface area (Å²) in [7, 11) is 1.70. The van der Waals surface area contributed by atoms with Gasteiger partial charge in [-0.1, -0.05) is 12.1 Å². The summed E-state index contributed by atoms with van der Waals surface area (Å²) in [5.74, 6) is 1.99. The zero-order chi connectivity index (χ0) is 14.9. The molecule has 0 radical (unpaired) electrons. The average molecular weight is 293 g/mol. The van der Waals surface area contributed by atoms with Gasteiger partial charge in [0.05, 0.1) is 7.11 Å². The molecule has 0 bridgehead atoms. The lowest BCUT2D eigenvalue weighted by atomic mass is 9.92. The molecule has 0 N–H and O–H groups in total. The predicted molar refractivity (Wildman–Crippen MR) is 86.2 cm³/mol. The van der Waals surface area contributed by atoms with Crippen LogP contribution in [0.2, 0.25) is 0 Å². The second-order valence-corrected chi connectivity index (χ2v) is 5.86. The van der Waals surface area contributed by atoms with Crippen molar-refractivity contribution in [2.75, 3.05) is 7.11 Å². The van der Waals surface area contributed by atoms with E-state index in [2.05, 4.69) is 21.7 Å². The van der Waals surface area contributed by atoms with Gasteiger partial charge in [0.2, 0.25) is 0 Å². The van der Waals surface area contributed by atoms with Gasteiger partial charge in [-0.15, -0.1) is 0 Å². The minimum absolute atomic E-state index is 0.556. The van der Waals surface area contributed by atoms with Crippen molar-refractivity contribution in [3.8, 4) is 5.75 Å². The zero-order valence-corrected chi connectivity index (χ0v) is 12.7. The summed E-state index contributed by atoms with van der Waals surface area (Å²) in [5.41, 5.74) is 3.23. The maximum atomic E-state index is 5.32. The van der Waals surface area contributed by atoms with Gasteiger partial charge in [0.15, 0.2) is 5.65 Å². The molecule has 1 aliphatic carbocycles. The number of nitrogens with zero attached hydrogens (tertiary/aromatic N) is 3. The summed E-state index contributed by atoms with van der Waals surface area (Å²) >= 11 is 0. The molecule has 2 heterocycles. The third kappa shape index (κ3) is 2.25. The van der Waals surface area contributed by atoms with E-state index in [9.17, 15) is 0 Å². The third-order valence-electron chi connectivity index (χ3n) is 4.46. The number of ether oxygens (including phenoxy) is 1. The van der Waals surface area contributed by atoms with Crippen LogP contribution in [0.1, 0.15) is 36.7 Å². The molecule has 22 heavy (non-hydrogen) atoms. The van der Waals surface area contributed by atoms with Crippen molar-refractivity contribution in [3.05, 3.63) is 54.0 Å². The Morgan fingerprint density at radius 3 is 2.91 bits per heavy atom. The summed E-state index contributed by atoms with van der Waals surface area (Å²) in [6, 6.07) is 12.8. The highest BCUT2D eigenvalue weighted by Gasteiger charge is 2.25. The Balaban J connectivity index is 1.76. The Morgan fingerprint density at radius 1 is 1.23 bits per heavy atom. The van der Waals surface area contributed by atoms with Crippen molar-refractivity contribution in [2.45, 2.75) is 31.7 Å². The summed E-state index contributed by atoms with van der Waals surface area (Å²) in [6.45, 7) is 0. The molecule has 1 saturated carbocycles. The van der Waals surface area contributed by atoms with Gasteiger partial charge >= 0.3 is 0 Å². The van der Waals surface area contributed by atoms with Gasteiger partial charge in [0.1, 0.15) is 17.1 Å². The molecule has 1 aromatic carbocycles. The number of hydrogen-bond acceptors (Lipinski definition) is 3. The molecule has 112 valence electrons. The van der Waals surface area contributed by atoms with Crippen molar-refractivity contribution in [3.63, 3.8) is 0 Å². The number of aromatic nitrogens is 3. The van der Waals surface area contributed by atoms with E-state index < -0.39 is 0 Å². The number of benzene rings is 1. The van der Waals surface area contributed by atoms with Crippen LogP contribution in [0.3, 0.4) is 0 Å². The zero-order valence-electron chi connectivity index (χ0n) is 12.7. The smallest absolute Gasteiger partial charge is 0.160 e. The minimum Gasteiger partial charge on any atom is -0.497 e. The predicted octanol–water partition coefficient (Wildman–Crippen LogP) is 3.76. The van der Waals surface area contributed by atoms with Gasteiger partial charge < -0.3 is 9.30 Å². The van der Waals surface area contributed by atoms with Crippen LogP contribution in [0, 0.1) is 0 Å². The fraction of sp³-hybridized carbons (Fsp3) is 0.333.